The third-order valence-electron chi connectivity index (χ3n) is 5.77. The summed E-state index contributed by atoms with van der Waals surface area (Å²) in [6, 6.07) is 7.43. The maximum absolute atomic E-state index is 5.46. The monoisotopic (exact) mass is 327 g/mol. The molecule has 0 spiro atoms. The fourth-order valence-corrected chi connectivity index (χ4v) is 4.44. The van der Waals surface area contributed by atoms with Crippen molar-refractivity contribution in [2.45, 2.75) is 76.3 Å². The molecule has 0 saturated heterocycles. The lowest BCUT2D eigenvalue weighted by atomic mass is 9.94. The molecule has 2 saturated carbocycles. The maximum Gasteiger partial charge on any atom is 0.204 e. The van der Waals surface area contributed by atoms with Crippen LogP contribution in [0.4, 0.5) is 5.95 Å². The topological polar surface area (TPSA) is 39.1 Å². The summed E-state index contributed by atoms with van der Waals surface area (Å²) in [5.41, 5.74) is 2.30. The van der Waals surface area contributed by atoms with Crippen LogP contribution >= 0.6 is 0 Å². The summed E-state index contributed by atoms with van der Waals surface area (Å²) in [5, 5.41) is 3.78. The second-order valence-corrected chi connectivity index (χ2v) is 7.43. The lowest BCUT2D eigenvalue weighted by molar-refractivity contribution is 0.359. The Kier molecular flexibility index (Phi) is 4.63. The van der Waals surface area contributed by atoms with Crippen LogP contribution in [0.5, 0.6) is 5.75 Å². The molecular weight excluding hydrogens is 298 g/mol. The number of aromatic nitrogens is 2. The van der Waals surface area contributed by atoms with Crippen LogP contribution in [-0.2, 0) is 0 Å². The lowest BCUT2D eigenvalue weighted by Crippen LogP contribution is -2.25. The molecule has 0 amide bonds. The molecule has 1 heterocycles. The molecule has 4 heteroatoms. The minimum Gasteiger partial charge on any atom is -0.497 e. The van der Waals surface area contributed by atoms with Crippen LogP contribution in [0, 0.1) is 0 Å². The highest BCUT2D eigenvalue weighted by Crippen LogP contribution is 2.36. The van der Waals surface area contributed by atoms with Gasteiger partial charge >= 0.3 is 0 Å². The average molecular weight is 327 g/mol. The van der Waals surface area contributed by atoms with Crippen molar-refractivity contribution in [1.82, 2.24) is 9.55 Å². The van der Waals surface area contributed by atoms with Gasteiger partial charge in [0.1, 0.15) is 5.75 Å². The molecule has 0 bridgehead atoms. The van der Waals surface area contributed by atoms with Gasteiger partial charge in [-0.1, -0.05) is 38.5 Å². The van der Waals surface area contributed by atoms with Crippen molar-refractivity contribution < 1.29 is 4.74 Å². The lowest BCUT2D eigenvalue weighted by Gasteiger charge is -2.28. The van der Waals surface area contributed by atoms with Crippen molar-refractivity contribution >= 4 is 17.0 Å². The molecule has 2 aliphatic carbocycles. The first kappa shape index (κ1) is 15.8. The van der Waals surface area contributed by atoms with E-state index in [2.05, 4.69) is 22.0 Å². The summed E-state index contributed by atoms with van der Waals surface area (Å²) in [5.74, 6) is 2.00. The van der Waals surface area contributed by atoms with Gasteiger partial charge in [0.2, 0.25) is 5.95 Å². The first-order valence-electron chi connectivity index (χ1n) is 9.67. The number of nitrogens with one attached hydrogen (secondary N) is 1. The minimum atomic E-state index is 0.571. The molecule has 0 atom stereocenters. The number of anilines is 1. The molecule has 24 heavy (non-hydrogen) atoms. The first-order valence-corrected chi connectivity index (χ1v) is 9.67. The van der Waals surface area contributed by atoms with Crippen LogP contribution < -0.4 is 10.1 Å². The largest absolute Gasteiger partial charge is 0.497 e. The van der Waals surface area contributed by atoms with E-state index in [9.17, 15) is 0 Å². The average Bonchev–Trinajstić information content (AvgIpc) is 3.00. The standard InChI is InChI=1S/C20H29N3O/c1-24-17-12-13-18-19(14-17)23(16-10-6-3-7-11-16)20(22-18)21-15-8-4-2-5-9-15/h12-16H,2-11H2,1H3,(H,21,22). The van der Waals surface area contributed by atoms with Crippen molar-refractivity contribution in [3.63, 3.8) is 0 Å². The van der Waals surface area contributed by atoms with Crippen LogP contribution in [0.1, 0.15) is 70.3 Å². The molecule has 2 aromatic rings. The number of hydrogen-bond acceptors (Lipinski definition) is 3. The van der Waals surface area contributed by atoms with E-state index in [1.54, 1.807) is 7.11 Å². The zero-order chi connectivity index (χ0) is 16.4. The molecule has 0 aliphatic heterocycles. The molecule has 4 rings (SSSR count). The Balaban J connectivity index is 1.72. The normalized spacial score (nSPS) is 20.4. The molecule has 1 aromatic heterocycles. The van der Waals surface area contributed by atoms with Gasteiger partial charge in [0, 0.05) is 18.2 Å². The van der Waals surface area contributed by atoms with Crippen molar-refractivity contribution in [3.8, 4) is 5.75 Å². The number of hydrogen-bond donors (Lipinski definition) is 1. The van der Waals surface area contributed by atoms with Crippen LogP contribution in [-0.4, -0.2) is 22.7 Å². The van der Waals surface area contributed by atoms with E-state index in [4.69, 9.17) is 9.72 Å². The van der Waals surface area contributed by atoms with Gasteiger partial charge in [-0.05, 0) is 37.8 Å². The quantitative estimate of drug-likeness (QED) is 0.828. The predicted molar refractivity (Wildman–Crippen MR) is 98.9 cm³/mol. The second kappa shape index (κ2) is 7.04. The van der Waals surface area contributed by atoms with E-state index in [1.807, 2.05) is 6.07 Å². The minimum absolute atomic E-state index is 0.571. The summed E-state index contributed by atoms with van der Waals surface area (Å²) < 4.78 is 7.94. The molecule has 4 nitrogen and oxygen atoms in total. The number of rotatable bonds is 4. The highest BCUT2D eigenvalue weighted by molar-refractivity contribution is 5.80. The number of benzene rings is 1. The SMILES string of the molecule is COc1ccc2nc(NC3CCCCC3)n(C3CCCCC3)c2c1. The summed E-state index contributed by atoms with van der Waals surface area (Å²) >= 11 is 0. The second-order valence-electron chi connectivity index (χ2n) is 7.43. The van der Waals surface area contributed by atoms with E-state index in [0.717, 1.165) is 17.2 Å². The van der Waals surface area contributed by atoms with Gasteiger partial charge in [-0.15, -0.1) is 0 Å². The van der Waals surface area contributed by atoms with Crippen molar-refractivity contribution in [3.05, 3.63) is 18.2 Å². The summed E-state index contributed by atoms with van der Waals surface area (Å²) in [4.78, 5) is 4.95. The predicted octanol–water partition coefficient (Wildman–Crippen LogP) is 5.29. The smallest absolute Gasteiger partial charge is 0.204 e. The maximum atomic E-state index is 5.46. The van der Waals surface area contributed by atoms with Gasteiger partial charge in [-0.2, -0.15) is 0 Å². The molecule has 0 unspecified atom stereocenters. The molecule has 0 radical (unpaired) electrons. The van der Waals surface area contributed by atoms with Crippen LogP contribution in [0.25, 0.3) is 11.0 Å². The van der Waals surface area contributed by atoms with Gasteiger partial charge in [0.15, 0.2) is 0 Å². The van der Waals surface area contributed by atoms with Gasteiger partial charge < -0.3 is 14.6 Å². The number of fused-ring (bicyclic) bond motifs is 1. The van der Waals surface area contributed by atoms with E-state index >= 15 is 0 Å². The molecular formula is C20H29N3O. The van der Waals surface area contributed by atoms with Crippen molar-refractivity contribution in [2.24, 2.45) is 0 Å². The Labute approximate surface area is 144 Å². The molecule has 1 N–H and O–H groups in total. The number of methoxy groups -OCH3 is 1. The molecule has 130 valence electrons. The highest BCUT2D eigenvalue weighted by atomic mass is 16.5. The number of ether oxygens (including phenoxy) is 1. The van der Waals surface area contributed by atoms with Gasteiger partial charge in [0.25, 0.3) is 0 Å². The number of nitrogens with zero attached hydrogens (tertiary/aromatic N) is 2. The van der Waals surface area contributed by atoms with Crippen LogP contribution in [0.2, 0.25) is 0 Å². The zero-order valence-corrected chi connectivity index (χ0v) is 14.8. The Morgan fingerprint density at radius 2 is 1.71 bits per heavy atom. The van der Waals surface area contributed by atoms with E-state index < -0.39 is 0 Å². The van der Waals surface area contributed by atoms with E-state index in [1.165, 1.54) is 69.7 Å². The van der Waals surface area contributed by atoms with Gasteiger partial charge in [0.05, 0.1) is 18.1 Å². The molecule has 1 aromatic carbocycles. The van der Waals surface area contributed by atoms with Crippen LogP contribution in [0.15, 0.2) is 18.2 Å². The summed E-state index contributed by atoms with van der Waals surface area (Å²) in [6.07, 6.45) is 13.2. The van der Waals surface area contributed by atoms with Gasteiger partial charge in [-0.25, -0.2) is 4.98 Å². The van der Waals surface area contributed by atoms with Crippen molar-refractivity contribution in [2.75, 3.05) is 12.4 Å². The Bertz CT molecular complexity index is 681. The summed E-state index contributed by atoms with van der Waals surface area (Å²) in [6.45, 7) is 0. The number of imidazole rings is 1. The van der Waals surface area contributed by atoms with Crippen molar-refractivity contribution in [1.29, 1.82) is 0 Å². The van der Waals surface area contributed by atoms with Crippen LogP contribution in [0.3, 0.4) is 0 Å². The Morgan fingerprint density at radius 3 is 2.42 bits per heavy atom. The Hall–Kier alpha value is -1.71. The van der Waals surface area contributed by atoms with E-state index in [0.29, 0.717) is 12.1 Å². The Morgan fingerprint density at radius 1 is 1.00 bits per heavy atom. The highest BCUT2D eigenvalue weighted by Gasteiger charge is 2.24. The molecule has 2 aliphatic rings. The third-order valence-corrected chi connectivity index (χ3v) is 5.77. The molecule has 2 fully saturated rings. The first-order chi connectivity index (χ1) is 11.8. The van der Waals surface area contributed by atoms with E-state index in [-0.39, 0.29) is 0 Å². The third kappa shape index (κ3) is 3.11. The fraction of sp³-hybridized carbons (Fsp3) is 0.650. The fourth-order valence-electron chi connectivity index (χ4n) is 4.44. The van der Waals surface area contributed by atoms with Gasteiger partial charge in [-0.3, -0.25) is 0 Å². The summed E-state index contributed by atoms with van der Waals surface area (Å²) in [7, 11) is 1.74. The zero-order valence-electron chi connectivity index (χ0n) is 14.8.